The average Bonchev–Trinajstić information content (AvgIpc) is 3.21. The number of aryl methyl sites for hydroxylation is 1. The molecule has 0 aliphatic carbocycles. The van der Waals surface area contributed by atoms with Gasteiger partial charge >= 0.3 is 0 Å². The SMILES string of the molecule is CC(NC(=O)c1cccc(NC(=O)CCn2ccnc2)c1)c1ccccc1. The molecule has 3 rings (SSSR count). The number of anilines is 1. The summed E-state index contributed by atoms with van der Waals surface area (Å²) in [6, 6.07) is 16.6. The number of imidazole rings is 1. The molecule has 0 bridgehead atoms. The minimum atomic E-state index is -0.180. The predicted molar refractivity (Wildman–Crippen MR) is 104 cm³/mol. The Morgan fingerprint density at radius 2 is 1.93 bits per heavy atom. The third kappa shape index (κ3) is 5.28. The molecule has 6 heteroatoms. The standard InChI is InChI=1S/C21H22N4O2/c1-16(17-6-3-2-4-7-17)23-21(27)18-8-5-9-19(14-18)24-20(26)10-12-25-13-11-22-15-25/h2-9,11,13-16H,10,12H2,1H3,(H,23,27)(H,24,26). The monoisotopic (exact) mass is 362 g/mol. The molecule has 1 heterocycles. The van der Waals surface area contributed by atoms with E-state index in [9.17, 15) is 9.59 Å². The third-order valence-corrected chi connectivity index (χ3v) is 4.21. The van der Waals surface area contributed by atoms with Gasteiger partial charge < -0.3 is 15.2 Å². The molecule has 2 N–H and O–H groups in total. The van der Waals surface area contributed by atoms with E-state index in [2.05, 4.69) is 15.6 Å². The van der Waals surface area contributed by atoms with Gasteiger partial charge in [0.2, 0.25) is 5.91 Å². The van der Waals surface area contributed by atoms with Gasteiger partial charge in [-0.15, -0.1) is 0 Å². The number of nitrogens with zero attached hydrogens (tertiary/aromatic N) is 2. The minimum Gasteiger partial charge on any atom is -0.346 e. The number of hydrogen-bond donors (Lipinski definition) is 2. The second-order valence-corrected chi connectivity index (χ2v) is 6.29. The number of nitrogens with one attached hydrogen (secondary N) is 2. The second kappa shape index (κ2) is 8.80. The molecule has 0 saturated carbocycles. The predicted octanol–water partition coefficient (Wildman–Crippen LogP) is 3.40. The van der Waals surface area contributed by atoms with E-state index in [-0.39, 0.29) is 17.9 Å². The summed E-state index contributed by atoms with van der Waals surface area (Å²) in [6.07, 6.45) is 5.49. The van der Waals surface area contributed by atoms with E-state index in [1.807, 2.05) is 48.0 Å². The smallest absolute Gasteiger partial charge is 0.251 e. The fourth-order valence-electron chi connectivity index (χ4n) is 2.72. The highest BCUT2D eigenvalue weighted by Crippen LogP contribution is 2.15. The first-order valence-corrected chi connectivity index (χ1v) is 8.83. The molecule has 0 saturated heterocycles. The van der Waals surface area contributed by atoms with Crippen LogP contribution in [0.1, 0.15) is 35.3 Å². The zero-order valence-electron chi connectivity index (χ0n) is 15.1. The fraction of sp³-hybridized carbons (Fsp3) is 0.190. The third-order valence-electron chi connectivity index (χ3n) is 4.21. The molecule has 1 aromatic heterocycles. The fourth-order valence-corrected chi connectivity index (χ4v) is 2.72. The van der Waals surface area contributed by atoms with Gasteiger partial charge in [-0.1, -0.05) is 36.4 Å². The first-order chi connectivity index (χ1) is 13.1. The first-order valence-electron chi connectivity index (χ1n) is 8.83. The van der Waals surface area contributed by atoms with Gasteiger partial charge in [0.05, 0.1) is 12.4 Å². The number of benzene rings is 2. The van der Waals surface area contributed by atoms with Crippen LogP contribution >= 0.6 is 0 Å². The molecule has 138 valence electrons. The lowest BCUT2D eigenvalue weighted by Gasteiger charge is -2.15. The van der Waals surface area contributed by atoms with Crippen LogP contribution in [0.25, 0.3) is 0 Å². The molecule has 0 fully saturated rings. The lowest BCUT2D eigenvalue weighted by atomic mass is 10.1. The van der Waals surface area contributed by atoms with Crippen molar-refractivity contribution in [2.24, 2.45) is 0 Å². The summed E-state index contributed by atoms with van der Waals surface area (Å²) in [5.41, 5.74) is 2.14. The number of aromatic nitrogens is 2. The summed E-state index contributed by atoms with van der Waals surface area (Å²) in [5, 5.41) is 5.81. The van der Waals surface area contributed by atoms with E-state index in [1.54, 1.807) is 36.8 Å². The Labute approximate surface area is 158 Å². The summed E-state index contributed by atoms with van der Waals surface area (Å²) in [6.45, 7) is 2.50. The summed E-state index contributed by atoms with van der Waals surface area (Å²) < 4.78 is 1.84. The highest BCUT2D eigenvalue weighted by molar-refractivity contribution is 5.97. The first kappa shape index (κ1) is 18.4. The van der Waals surface area contributed by atoms with Crippen molar-refractivity contribution < 1.29 is 9.59 Å². The maximum Gasteiger partial charge on any atom is 0.251 e. The van der Waals surface area contributed by atoms with Crippen LogP contribution in [-0.2, 0) is 11.3 Å². The maximum atomic E-state index is 12.5. The van der Waals surface area contributed by atoms with Gasteiger partial charge in [0.25, 0.3) is 5.91 Å². The lowest BCUT2D eigenvalue weighted by molar-refractivity contribution is -0.116. The Morgan fingerprint density at radius 3 is 2.67 bits per heavy atom. The summed E-state index contributed by atoms with van der Waals surface area (Å²) in [7, 11) is 0. The number of carbonyl (C=O) groups excluding carboxylic acids is 2. The van der Waals surface area contributed by atoms with Crippen molar-refractivity contribution >= 4 is 17.5 Å². The summed E-state index contributed by atoms with van der Waals surface area (Å²) >= 11 is 0. The van der Waals surface area contributed by atoms with Crippen molar-refractivity contribution in [3.8, 4) is 0 Å². The van der Waals surface area contributed by atoms with Gasteiger partial charge in [0.1, 0.15) is 0 Å². The minimum absolute atomic E-state index is 0.105. The Bertz CT molecular complexity index is 892. The Balaban J connectivity index is 1.57. The van der Waals surface area contributed by atoms with E-state index >= 15 is 0 Å². The largest absolute Gasteiger partial charge is 0.346 e. The quantitative estimate of drug-likeness (QED) is 0.676. The summed E-state index contributed by atoms with van der Waals surface area (Å²) in [5.74, 6) is -0.292. The normalized spacial score (nSPS) is 11.6. The van der Waals surface area contributed by atoms with E-state index in [1.165, 1.54) is 0 Å². The molecule has 0 radical (unpaired) electrons. The molecule has 27 heavy (non-hydrogen) atoms. The van der Waals surface area contributed by atoms with Gasteiger partial charge in [0, 0.05) is 36.6 Å². The molecular formula is C21H22N4O2. The molecule has 2 aromatic carbocycles. The molecule has 0 spiro atoms. The van der Waals surface area contributed by atoms with Crippen LogP contribution in [0.3, 0.4) is 0 Å². The Hall–Kier alpha value is -3.41. The molecule has 0 aliphatic heterocycles. The van der Waals surface area contributed by atoms with E-state index < -0.39 is 0 Å². The topological polar surface area (TPSA) is 76.0 Å². The van der Waals surface area contributed by atoms with E-state index in [0.717, 1.165) is 5.56 Å². The van der Waals surface area contributed by atoms with Gasteiger partial charge in [-0.2, -0.15) is 0 Å². The van der Waals surface area contributed by atoms with Gasteiger partial charge in [0.15, 0.2) is 0 Å². The van der Waals surface area contributed by atoms with Crippen LogP contribution < -0.4 is 10.6 Å². The van der Waals surface area contributed by atoms with Crippen molar-refractivity contribution in [2.75, 3.05) is 5.32 Å². The van der Waals surface area contributed by atoms with Crippen molar-refractivity contribution in [3.63, 3.8) is 0 Å². The van der Waals surface area contributed by atoms with E-state index in [0.29, 0.717) is 24.2 Å². The molecule has 1 unspecified atom stereocenters. The maximum absolute atomic E-state index is 12.5. The molecule has 3 aromatic rings. The van der Waals surface area contributed by atoms with Crippen LogP contribution in [-0.4, -0.2) is 21.4 Å². The van der Waals surface area contributed by atoms with Crippen LogP contribution in [0.15, 0.2) is 73.3 Å². The van der Waals surface area contributed by atoms with Crippen LogP contribution in [0.5, 0.6) is 0 Å². The number of rotatable bonds is 7. The second-order valence-electron chi connectivity index (χ2n) is 6.29. The van der Waals surface area contributed by atoms with Crippen LogP contribution in [0.4, 0.5) is 5.69 Å². The number of hydrogen-bond acceptors (Lipinski definition) is 3. The zero-order valence-corrected chi connectivity index (χ0v) is 15.1. The highest BCUT2D eigenvalue weighted by atomic mass is 16.2. The average molecular weight is 362 g/mol. The van der Waals surface area contributed by atoms with Crippen molar-refractivity contribution in [1.29, 1.82) is 0 Å². The van der Waals surface area contributed by atoms with Crippen molar-refractivity contribution in [2.45, 2.75) is 25.9 Å². The van der Waals surface area contributed by atoms with Crippen LogP contribution in [0, 0.1) is 0 Å². The van der Waals surface area contributed by atoms with E-state index in [4.69, 9.17) is 0 Å². The lowest BCUT2D eigenvalue weighted by Crippen LogP contribution is -2.26. The molecule has 6 nitrogen and oxygen atoms in total. The molecular weight excluding hydrogens is 340 g/mol. The molecule has 2 amide bonds. The number of amides is 2. The Kier molecular flexibility index (Phi) is 5.99. The number of carbonyl (C=O) groups is 2. The highest BCUT2D eigenvalue weighted by Gasteiger charge is 2.12. The van der Waals surface area contributed by atoms with Gasteiger partial charge in [-0.25, -0.2) is 4.98 Å². The van der Waals surface area contributed by atoms with Gasteiger partial charge in [-0.3, -0.25) is 9.59 Å². The van der Waals surface area contributed by atoms with Crippen molar-refractivity contribution in [3.05, 3.63) is 84.4 Å². The zero-order chi connectivity index (χ0) is 19.1. The van der Waals surface area contributed by atoms with Crippen LogP contribution in [0.2, 0.25) is 0 Å². The van der Waals surface area contributed by atoms with Crippen molar-refractivity contribution in [1.82, 2.24) is 14.9 Å². The molecule has 1 atom stereocenters. The Morgan fingerprint density at radius 1 is 1.11 bits per heavy atom. The summed E-state index contributed by atoms with van der Waals surface area (Å²) in [4.78, 5) is 28.6. The molecule has 0 aliphatic rings. The van der Waals surface area contributed by atoms with Gasteiger partial charge in [-0.05, 0) is 30.7 Å².